The van der Waals surface area contributed by atoms with Gasteiger partial charge in [-0.3, -0.25) is 24.0 Å². The molecule has 0 amide bonds. The van der Waals surface area contributed by atoms with Gasteiger partial charge in [-0.1, -0.05) is 29.4 Å². The van der Waals surface area contributed by atoms with E-state index in [0.29, 0.717) is 0 Å². The van der Waals surface area contributed by atoms with Gasteiger partial charge in [0, 0.05) is 39.2 Å². The Labute approximate surface area is 364 Å². The Kier molecular flexibility index (Phi) is 22.4. The van der Waals surface area contributed by atoms with E-state index in [1.54, 1.807) is 19.2 Å². The summed E-state index contributed by atoms with van der Waals surface area (Å²) in [5.41, 5.74) is 9.03. The fraction of sp³-hybridized carbons (Fsp3) is 0.564. The molecule has 1 aliphatic heterocycles. The summed E-state index contributed by atoms with van der Waals surface area (Å²) >= 11 is 0. The first kappa shape index (κ1) is 51.6. The summed E-state index contributed by atoms with van der Waals surface area (Å²) in [5, 5.41) is 6.26. The average molecular weight is 912 g/mol. The van der Waals surface area contributed by atoms with Crippen LogP contribution >= 0.6 is 0 Å². The third-order valence-corrected chi connectivity index (χ3v) is 9.55. The lowest BCUT2D eigenvalue weighted by Gasteiger charge is -2.43. The van der Waals surface area contributed by atoms with Crippen molar-refractivity contribution in [2.75, 3.05) is 73.5 Å². The molecule has 0 aliphatic carbocycles. The van der Waals surface area contributed by atoms with E-state index in [1.807, 2.05) is 0 Å². The molecular weight excluding hydrogens is 859 g/mol. The summed E-state index contributed by atoms with van der Waals surface area (Å²) in [7, 11) is -1.25. The van der Waals surface area contributed by atoms with Crippen LogP contribution in [-0.4, -0.2) is 144 Å². The van der Waals surface area contributed by atoms with Gasteiger partial charge < -0.3 is 61.1 Å². The van der Waals surface area contributed by atoms with Crippen LogP contribution in [-0.2, 0) is 83.3 Å². The second-order valence-electron chi connectivity index (χ2n) is 13.1. The van der Waals surface area contributed by atoms with Gasteiger partial charge in [0.25, 0.3) is 0 Å². The first-order valence-electron chi connectivity index (χ1n) is 19.4. The van der Waals surface area contributed by atoms with Crippen LogP contribution < -0.4 is 18.4 Å². The summed E-state index contributed by atoms with van der Waals surface area (Å²) in [4.78, 5) is 63.5. The molecule has 7 atom stereocenters. The molecule has 0 spiro atoms. The molecule has 2 aromatic rings. The van der Waals surface area contributed by atoms with Gasteiger partial charge in [0.2, 0.25) is 12.4 Å². The van der Waals surface area contributed by atoms with Gasteiger partial charge in [0.1, 0.15) is 24.5 Å². The van der Waals surface area contributed by atoms with Crippen LogP contribution in [0.1, 0.15) is 33.3 Å². The predicted molar refractivity (Wildman–Crippen MR) is 217 cm³/mol. The maximum Gasteiger partial charge on any atom is 0.388 e. The molecule has 348 valence electrons. The molecule has 1 aliphatic rings. The number of methoxy groups -OCH3 is 1. The lowest BCUT2D eigenvalue weighted by molar-refractivity contribution is -0.288. The van der Waals surface area contributed by atoms with Crippen molar-refractivity contribution in [3.63, 3.8) is 0 Å². The van der Waals surface area contributed by atoms with E-state index in [-0.39, 0.29) is 76.4 Å². The normalized spacial score (nSPS) is 19.4. The molecule has 0 radical (unpaired) electrons. The van der Waals surface area contributed by atoms with Gasteiger partial charge in [0.05, 0.1) is 53.3 Å². The highest BCUT2D eigenvalue weighted by atomic mass is 32.2. The number of nitrogens with one attached hydrogen (secondary N) is 1. The second kappa shape index (κ2) is 27.3. The molecule has 63 heavy (non-hydrogen) atoms. The summed E-state index contributed by atoms with van der Waals surface area (Å²) in [6.07, 6.45) is -7.24. The smallest absolute Gasteiger partial charge is 0.388 e. The monoisotopic (exact) mass is 911 g/mol. The van der Waals surface area contributed by atoms with Crippen LogP contribution in [0.3, 0.4) is 0 Å². The molecule has 2 aromatic carbocycles. The van der Waals surface area contributed by atoms with Gasteiger partial charge >= 0.3 is 40.1 Å². The van der Waals surface area contributed by atoms with Gasteiger partial charge in [-0.15, -0.1) is 0 Å². The van der Waals surface area contributed by atoms with Gasteiger partial charge in [-0.05, 0) is 48.8 Å². The Hall–Kier alpha value is -5.75. The Morgan fingerprint density at radius 2 is 1.33 bits per heavy atom. The summed E-state index contributed by atoms with van der Waals surface area (Å²) < 4.78 is 85.5. The molecule has 0 bridgehead atoms. The fourth-order valence-electron chi connectivity index (χ4n) is 5.60. The largest absolute Gasteiger partial charge is 0.468 e. The number of esters is 5. The third kappa shape index (κ3) is 18.6. The fourth-order valence-corrected chi connectivity index (χ4v) is 6.75. The summed E-state index contributed by atoms with van der Waals surface area (Å²) in [6.45, 7) is 5.06. The zero-order valence-electron chi connectivity index (χ0n) is 35.7. The number of carbonyl (C=O) groups excluding carboxylic acids is 5. The van der Waals surface area contributed by atoms with Crippen molar-refractivity contribution < 1.29 is 83.9 Å². The number of azide groups is 1. The number of likely N-dealkylation sites (N-methyl/N-ethyl adjacent to an activating group) is 1. The highest BCUT2D eigenvalue weighted by Crippen LogP contribution is 2.35. The predicted octanol–water partition coefficient (Wildman–Crippen LogP) is 2.57. The standard InChI is InChI=1S/C39H53N5O18S/c1-25(45)55-24-34-35(56-26(2)46)36(57-27(3)47)37(58-28(4)48)39(60-34)59-32-9-7-8-10-33(32)62-63(50,43-16-18-53-20-22-54-21-19-52-17-15-42-44-40)61-30-13-11-29(12-14-30)23-31(41-5)38(49)51-6/h7-14,31,34-37,39,41H,15-24H2,1-6H3/t31-,34+,35-,36-,37+,39+,63?/m0/s1. The summed E-state index contributed by atoms with van der Waals surface area (Å²) in [5.74, 6) is -3.97. The Morgan fingerprint density at radius 3 is 1.90 bits per heavy atom. The molecule has 1 fully saturated rings. The topological polar surface area (TPSA) is 286 Å². The Morgan fingerprint density at radius 1 is 0.762 bits per heavy atom. The van der Waals surface area contributed by atoms with Crippen molar-refractivity contribution in [3.05, 3.63) is 64.5 Å². The molecular formula is C39H53N5O18S. The van der Waals surface area contributed by atoms with Crippen molar-refractivity contribution in [1.82, 2.24) is 5.32 Å². The minimum Gasteiger partial charge on any atom is -0.468 e. The quantitative estimate of drug-likeness (QED) is 0.0336. The van der Waals surface area contributed by atoms with E-state index in [4.69, 9.17) is 61.3 Å². The van der Waals surface area contributed by atoms with Crippen molar-refractivity contribution in [1.29, 1.82) is 0 Å². The molecule has 1 heterocycles. The molecule has 3 rings (SSSR count). The van der Waals surface area contributed by atoms with E-state index in [0.717, 1.165) is 33.3 Å². The number of hydrogen-bond donors (Lipinski definition) is 1. The van der Waals surface area contributed by atoms with Crippen LogP contribution in [0.4, 0.5) is 0 Å². The van der Waals surface area contributed by atoms with Crippen molar-refractivity contribution in [3.8, 4) is 17.2 Å². The molecule has 1 N–H and O–H groups in total. The molecule has 24 heteroatoms. The lowest BCUT2D eigenvalue weighted by atomic mass is 9.98. The molecule has 1 unspecified atom stereocenters. The van der Waals surface area contributed by atoms with Crippen molar-refractivity contribution in [2.24, 2.45) is 9.48 Å². The third-order valence-electron chi connectivity index (χ3n) is 8.26. The van der Waals surface area contributed by atoms with Crippen LogP contribution in [0.2, 0.25) is 0 Å². The van der Waals surface area contributed by atoms with Crippen molar-refractivity contribution in [2.45, 2.75) is 70.9 Å². The number of para-hydroxylation sites is 2. The first-order chi connectivity index (χ1) is 30.2. The Bertz CT molecular complexity index is 1970. The Balaban J connectivity index is 1.91. The number of rotatable bonds is 27. The van der Waals surface area contributed by atoms with Crippen LogP contribution in [0.25, 0.3) is 10.4 Å². The van der Waals surface area contributed by atoms with E-state index in [9.17, 15) is 28.2 Å². The van der Waals surface area contributed by atoms with Gasteiger partial charge in [0.15, 0.2) is 23.7 Å². The van der Waals surface area contributed by atoms with Crippen molar-refractivity contribution >= 4 is 40.1 Å². The van der Waals surface area contributed by atoms with Crippen LogP contribution in [0, 0.1) is 0 Å². The average Bonchev–Trinajstić information content (AvgIpc) is 3.23. The molecule has 23 nitrogen and oxygen atoms in total. The number of ether oxygens (including phenoxy) is 10. The maximum atomic E-state index is 14.5. The molecule has 0 saturated carbocycles. The van der Waals surface area contributed by atoms with E-state index in [2.05, 4.69) is 19.7 Å². The minimum absolute atomic E-state index is 0.0313. The maximum absolute atomic E-state index is 14.5. The number of benzene rings is 2. The van der Waals surface area contributed by atoms with Crippen LogP contribution in [0.15, 0.2) is 58.0 Å². The zero-order chi connectivity index (χ0) is 46.2. The number of nitrogens with zero attached hydrogens (tertiary/aromatic N) is 4. The SMILES string of the molecule is CN[C@@H](Cc1ccc(OS(=O)(=NCCOCCOCCOCCN=[N+]=[N-])Oc2ccccc2O[C@@H]2O[C@H](COC(C)=O)[C@H](OC(C)=O)[C@H](OC(C)=O)[C@H]2OC(C)=O)cc1)C(=O)OC. The number of carbonyl (C=O) groups is 5. The summed E-state index contributed by atoms with van der Waals surface area (Å²) in [6, 6.07) is 11.5. The van der Waals surface area contributed by atoms with Gasteiger partial charge in [-0.2, -0.15) is 8.57 Å². The lowest BCUT2D eigenvalue weighted by Crippen LogP contribution is -2.63. The number of hydrogen-bond acceptors (Lipinski definition) is 21. The highest BCUT2D eigenvalue weighted by Gasteiger charge is 2.53. The molecule has 1 saturated heterocycles. The van der Waals surface area contributed by atoms with Gasteiger partial charge in [-0.25, -0.2) is 0 Å². The van der Waals surface area contributed by atoms with E-state index >= 15 is 0 Å². The second-order valence-corrected chi connectivity index (χ2v) is 14.5. The minimum atomic E-state index is -4.15. The van der Waals surface area contributed by atoms with Crippen LogP contribution in [0.5, 0.6) is 17.2 Å². The first-order valence-corrected chi connectivity index (χ1v) is 20.8. The highest BCUT2D eigenvalue weighted by molar-refractivity contribution is 7.85. The zero-order valence-corrected chi connectivity index (χ0v) is 36.5. The van der Waals surface area contributed by atoms with E-state index in [1.165, 1.54) is 43.5 Å². The van der Waals surface area contributed by atoms with E-state index < -0.39 is 83.5 Å². The molecule has 0 aromatic heterocycles.